The second-order valence-electron chi connectivity index (χ2n) is 12.8. The molecule has 0 spiro atoms. The maximum absolute atomic E-state index is 5.26. The molecule has 0 unspecified atom stereocenters. The van der Waals surface area contributed by atoms with Gasteiger partial charge < -0.3 is 0 Å². The van der Waals surface area contributed by atoms with E-state index in [4.69, 9.17) is 15.0 Å². The number of hydrogen-bond acceptors (Lipinski definition) is 4. The average Bonchev–Trinajstić information content (AvgIpc) is 3.75. The molecule has 4 nitrogen and oxygen atoms in total. The van der Waals surface area contributed by atoms with Crippen LogP contribution in [0.15, 0.2) is 158 Å². The number of nitrogens with zero attached hydrogens (tertiary/aromatic N) is 4. The third-order valence-corrected chi connectivity index (χ3v) is 10.8. The molecule has 0 bridgehead atoms. The maximum Gasteiger partial charge on any atom is 0.238 e. The summed E-state index contributed by atoms with van der Waals surface area (Å²) in [5.74, 6) is 1.80. The van der Waals surface area contributed by atoms with Crippen LogP contribution in [0.25, 0.3) is 92.9 Å². The lowest BCUT2D eigenvalue weighted by Gasteiger charge is -2.12. The number of allylic oxidation sites excluding steroid dienone is 6. The van der Waals surface area contributed by atoms with Gasteiger partial charge in [0.15, 0.2) is 11.6 Å². The van der Waals surface area contributed by atoms with Crippen LogP contribution in [0.1, 0.15) is 25.2 Å². The molecule has 5 heteroatoms. The minimum atomic E-state index is 0.577. The van der Waals surface area contributed by atoms with Gasteiger partial charge in [-0.25, -0.2) is 4.98 Å². The van der Waals surface area contributed by atoms with E-state index in [1.165, 1.54) is 47.5 Å². The predicted octanol–water partition coefficient (Wildman–Crippen LogP) is 13.0. The van der Waals surface area contributed by atoms with Crippen LogP contribution < -0.4 is 0 Å². The third-order valence-electron chi connectivity index (χ3n) is 9.66. The standard InChI is InChI=1S/C47H34N4S/c1-4-7-17-31(6-3)45-48-46(33-20-12-9-13-21-33)50-47(49-45)51-39-26-24-30(16-5-2)28-37(39)41-35-22-14-15-23-36(35)42-38-29-34(32-18-10-8-11-19-32)25-27-40(38)52-44(42)43(41)51/h4-29H,1H2,2-3H3/b16-5+,17-7-,31-6+. The minimum absolute atomic E-state index is 0.577. The zero-order valence-corrected chi connectivity index (χ0v) is 29.7. The van der Waals surface area contributed by atoms with Crippen molar-refractivity contribution in [1.29, 1.82) is 0 Å². The summed E-state index contributed by atoms with van der Waals surface area (Å²) in [6.45, 7) is 7.96. The molecule has 0 amide bonds. The van der Waals surface area contributed by atoms with E-state index < -0.39 is 0 Å². The quantitative estimate of drug-likeness (QED) is 0.157. The molecular weight excluding hydrogens is 653 g/mol. The molecule has 0 radical (unpaired) electrons. The van der Waals surface area contributed by atoms with Crippen molar-refractivity contribution in [3.63, 3.8) is 0 Å². The molecule has 0 N–H and O–H groups in total. The van der Waals surface area contributed by atoms with Crippen LogP contribution in [0.3, 0.4) is 0 Å². The van der Waals surface area contributed by atoms with Crippen molar-refractivity contribution in [3.8, 4) is 28.5 Å². The lowest BCUT2D eigenvalue weighted by molar-refractivity contribution is 0.934. The fraction of sp³-hybridized carbons (Fsp3) is 0.0426. The summed E-state index contributed by atoms with van der Waals surface area (Å²) < 4.78 is 4.72. The highest BCUT2D eigenvalue weighted by Gasteiger charge is 2.24. The van der Waals surface area contributed by atoms with Crippen LogP contribution in [0.5, 0.6) is 0 Å². The van der Waals surface area contributed by atoms with E-state index in [2.05, 4.69) is 133 Å². The van der Waals surface area contributed by atoms with Gasteiger partial charge in [0.25, 0.3) is 0 Å². The second kappa shape index (κ2) is 13.0. The molecule has 52 heavy (non-hydrogen) atoms. The molecule has 6 aromatic carbocycles. The van der Waals surface area contributed by atoms with E-state index in [9.17, 15) is 0 Å². The first-order chi connectivity index (χ1) is 25.7. The van der Waals surface area contributed by atoms with Crippen LogP contribution in [0.4, 0.5) is 0 Å². The van der Waals surface area contributed by atoms with Crippen LogP contribution in [0.2, 0.25) is 0 Å². The Bertz CT molecular complexity index is 2930. The summed E-state index contributed by atoms with van der Waals surface area (Å²) in [4.78, 5) is 15.5. The summed E-state index contributed by atoms with van der Waals surface area (Å²) in [5.41, 5.74) is 7.52. The van der Waals surface area contributed by atoms with Gasteiger partial charge in [-0.3, -0.25) is 4.57 Å². The van der Waals surface area contributed by atoms with Crippen molar-refractivity contribution in [3.05, 3.63) is 170 Å². The van der Waals surface area contributed by atoms with Crippen LogP contribution in [0, 0.1) is 0 Å². The van der Waals surface area contributed by atoms with Crippen molar-refractivity contribution < 1.29 is 0 Å². The summed E-state index contributed by atoms with van der Waals surface area (Å²) in [6.07, 6.45) is 12.0. The lowest BCUT2D eigenvalue weighted by Crippen LogP contribution is -2.08. The first kappa shape index (κ1) is 31.5. The van der Waals surface area contributed by atoms with E-state index in [0.717, 1.165) is 33.1 Å². The summed E-state index contributed by atoms with van der Waals surface area (Å²) in [7, 11) is 0. The van der Waals surface area contributed by atoms with Gasteiger partial charge in [0.2, 0.25) is 5.95 Å². The Morgan fingerprint density at radius 2 is 1.40 bits per heavy atom. The van der Waals surface area contributed by atoms with Crippen molar-refractivity contribution >= 4 is 75.7 Å². The van der Waals surface area contributed by atoms with E-state index in [1.807, 2.05) is 54.7 Å². The Morgan fingerprint density at radius 1 is 0.673 bits per heavy atom. The first-order valence-corrected chi connectivity index (χ1v) is 18.3. The molecule has 248 valence electrons. The molecule has 0 aliphatic carbocycles. The fourth-order valence-corrected chi connectivity index (χ4v) is 8.58. The highest BCUT2D eigenvalue weighted by molar-refractivity contribution is 7.27. The molecule has 9 rings (SSSR count). The van der Waals surface area contributed by atoms with Crippen molar-refractivity contribution in [2.24, 2.45) is 0 Å². The van der Waals surface area contributed by atoms with Crippen LogP contribution in [-0.4, -0.2) is 19.5 Å². The second-order valence-corrected chi connectivity index (χ2v) is 13.8. The molecule has 3 aromatic heterocycles. The van der Waals surface area contributed by atoms with Gasteiger partial charge in [0.05, 0.1) is 15.7 Å². The van der Waals surface area contributed by atoms with Gasteiger partial charge in [0.1, 0.15) is 0 Å². The highest BCUT2D eigenvalue weighted by atomic mass is 32.1. The van der Waals surface area contributed by atoms with Gasteiger partial charge in [-0.2, -0.15) is 9.97 Å². The molecule has 0 atom stereocenters. The molecule has 9 aromatic rings. The van der Waals surface area contributed by atoms with E-state index in [0.29, 0.717) is 17.6 Å². The normalized spacial score (nSPS) is 12.5. The lowest BCUT2D eigenvalue weighted by atomic mass is 9.97. The third kappa shape index (κ3) is 5.17. The highest BCUT2D eigenvalue weighted by Crippen LogP contribution is 2.48. The Kier molecular flexibility index (Phi) is 7.91. The summed E-state index contributed by atoms with van der Waals surface area (Å²) >= 11 is 1.84. The maximum atomic E-state index is 5.26. The Hall–Kier alpha value is -6.43. The van der Waals surface area contributed by atoms with Gasteiger partial charge in [-0.15, -0.1) is 11.3 Å². The number of benzene rings is 6. The zero-order chi connectivity index (χ0) is 35.2. The molecule has 0 saturated heterocycles. The fourth-order valence-electron chi connectivity index (χ4n) is 7.34. The topological polar surface area (TPSA) is 43.6 Å². The van der Waals surface area contributed by atoms with E-state index in [1.54, 1.807) is 6.08 Å². The monoisotopic (exact) mass is 686 g/mol. The van der Waals surface area contributed by atoms with Crippen molar-refractivity contribution in [1.82, 2.24) is 19.5 Å². The number of aromatic nitrogens is 4. The molecule has 3 heterocycles. The Balaban J connectivity index is 1.47. The van der Waals surface area contributed by atoms with Gasteiger partial charge >= 0.3 is 0 Å². The van der Waals surface area contributed by atoms with Crippen LogP contribution in [-0.2, 0) is 0 Å². The SMILES string of the molecule is C=C/C=C\C(=C/C)c1nc(-c2ccccc2)nc(-n2c3ccc(/C=C/C)cc3c3c4ccccc4c4c5cc(-c6ccccc6)ccc5sc4c32)n1. The minimum Gasteiger partial charge on any atom is -0.276 e. The number of hydrogen-bond donors (Lipinski definition) is 0. The predicted molar refractivity (Wildman–Crippen MR) is 223 cm³/mol. The summed E-state index contributed by atoms with van der Waals surface area (Å²) in [6, 6.07) is 43.2. The van der Waals surface area contributed by atoms with Crippen LogP contribution >= 0.6 is 11.3 Å². The smallest absolute Gasteiger partial charge is 0.238 e. The number of rotatable bonds is 7. The molecule has 0 aliphatic heterocycles. The van der Waals surface area contributed by atoms with E-state index in [-0.39, 0.29) is 0 Å². The number of thiophene rings is 1. The zero-order valence-electron chi connectivity index (χ0n) is 28.9. The van der Waals surface area contributed by atoms with Crippen molar-refractivity contribution in [2.45, 2.75) is 13.8 Å². The van der Waals surface area contributed by atoms with Crippen molar-refractivity contribution in [2.75, 3.05) is 0 Å². The van der Waals surface area contributed by atoms with Gasteiger partial charge in [-0.05, 0) is 65.6 Å². The Morgan fingerprint density at radius 3 is 2.13 bits per heavy atom. The molecule has 0 fully saturated rings. The summed E-state index contributed by atoms with van der Waals surface area (Å²) in [5, 5.41) is 7.30. The Labute approximate surface area is 306 Å². The molecule has 0 saturated carbocycles. The van der Waals surface area contributed by atoms with Gasteiger partial charge in [0, 0.05) is 37.4 Å². The average molecular weight is 687 g/mol. The van der Waals surface area contributed by atoms with Gasteiger partial charge in [-0.1, -0.05) is 140 Å². The van der Waals surface area contributed by atoms with E-state index >= 15 is 0 Å². The largest absolute Gasteiger partial charge is 0.276 e. The molecular formula is C47H34N4S. The number of fused-ring (bicyclic) bond motifs is 10. The molecule has 0 aliphatic rings. The first-order valence-electron chi connectivity index (χ1n) is 17.5.